The first-order valence-corrected chi connectivity index (χ1v) is 6.25. The molecule has 0 aromatic heterocycles. The second-order valence-electron chi connectivity index (χ2n) is 4.06. The Labute approximate surface area is 113 Å². The third kappa shape index (κ3) is 6.30. The molecule has 0 spiro atoms. The van der Waals surface area contributed by atoms with Gasteiger partial charge < -0.3 is 10.1 Å². The van der Waals surface area contributed by atoms with Crippen molar-refractivity contribution in [2.24, 2.45) is 0 Å². The Morgan fingerprint density at radius 2 is 2.06 bits per heavy atom. The van der Waals surface area contributed by atoms with Crippen LogP contribution in [0, 0.1) is 6.92 Å². The van der Waals surface area contributed by atoms with Gasteiger partial charge in [0.05, 0.1) is 13.2 Å². The summed E-state index contributed by atoms with van der Waals surface area (Å²) in [6, 6.07) is 7.84. The van der Waals surface area contributed by atoms with E-state index in [4.69, 9.17) is 16.3 Å². The van der Waals surface area contributed by atoms with Crippen molar-refractivity contribution in [3.8, 4) is 5.75 Å². The minimum atomic E-state index is -0.0377. The van der Waals surface area contributed by atoms with E-state index in [-0.39, 0.29) is 5.91 Å². The Bertz CT molecular complexity index is 401. The molecule has 0 fully saturated rings. The van der Waals surface area contributed by atoms with Crippen LogP contribution in [0.15, 0.2) is 35.9 Å². The Morgan fingerprint density at radius 1 is 1.39 bits per heavy atom. The van der Waals surface area contributed by atoms with Gasteiger partial charge in [-0.2, -0.15) is 0 Å². The van der Waals surface area contributed by atoms with Gasteiger partial charge in [-0.25, -0.2) is 0 Å². The maximum Gasteiger partial charge on any atom is 0.220 e. The fourth-order valence-electron chi connectivity index (χ4n) is 1.34. The molecule has 0 saturated heterocycles. The highest BCUT2D eigenvalue weighted by Crippen LogP contribution is 2.11. The zero-order valence-corrected chi connectivity index (χ0v) is 11.3. The van der Waals surface area contributed by atoms with E-state index >= 15 is 0 Å². The summed E-state index contributed by atoms with van der Waals surface area (Å²) in [6.07, 6.45) is 1.10. The average Bonchev–Trinajstić information content (AvgIpc) is 2.34. The zero-order valence-electron chi connectivity index (χ0n) is 10.5. The van der Waals surface area contributed by atoms with Crippen LogP contribution in [0.3, 0.4) is 0 Å². The predicted octanol–water partition coefficient (Wildman–Crippen LogP) is 3.02. The minimum Gasteiger partial charge on any atom is -0.494 e. The fraction of sp³-hybridized carbons (Fsp3) is 0.357. The summed E-state index contributed by atoms with van der Waals surface area (Å²) in [5, 5.41) is 3.09. The SMILES string of the molecule is C=C(Cl)CNC(=O)CCCOc1ccc(C)cc1. The van der Waals surface area contributed by atoms with E-state index in [1.807, 2.05) is 31.2 Å². The van der Waals surface area contributed by atoms with E-state index in [0.29, 0.717) is 31.0 Å². The first-order valence-electron chi connectivity index (χ1n) is 5.87. The van der Waals surface area contributed by atoms with Crippen molar-refractivity contribution in [1.29, 1.82) is 0 Å². The van der Waals surface area contributed by atoms with Gasteiger partial charge in [-0.15, -0.1) is 0 Å². The molecule has 1 rings (SSSR count). The molecule has 0 atom stereocenters. The number of hydrogen-bond acceptors (Lipinski definition) is 2. The molecule has 1 aromatic rings. The molecule has 98 valence electrons. The maximum atomic E-state index is 11.3. The molecule has 0 aliphatic heterocycles. The molecule has 0 heterocycles. The molecule has 0 saturated carbocycles. The third-order valence-electron chi connectivity index (χ3n) is 2.32. The van der Waals surface area contributed by atoms with Gasteiger partial charge in [-0.3, -0.25) is 4.79 Å². The fourth-order valence-corrected chi connectivity index (χ4v) is 1.41. The lowest BCUT2D eigenvalue weighted by Gasteiger charge is -2.06. The molecule has 0 bridgehead atoms. The first kappa shape index (κ1) is 14.6. The van der Waals surface area contributed by atoms with E-state index < -0.39 is 0 Å². The lowest BCUT2D eigenvalue weighted by Crippen LogP contribution is -2.24. The maximum absolute atomic E-state index is 11.3. The number of hydrogen-bond donors (Lipinski definition) is 1. The smallest absolute Gasteiger partial charge is 0.220 e. The van der Waals surface area contributed by atoms with Crippen molar-refractivity contribution in [2.75, 3.05) is 13.2 Å². The summed E-state index contributed by atoms with van der Waals surface area (Å²) < 4.78 is 5.51. The van der Waals surface area contributed by atoms with Crippen molar-refractivity contribution in [3.63, 3.8) is 0 Å². The van der Waals surface area contributed by atoms with Crippen LogP contribution >= 0.6 is 11.6 Å². The molecule has 0 unspecified atom stereocenters. The van der Waals surface area contributed by atoms with Gasteiger partial charge in [-0.1, -0.05) is 35.9 Å². The molecule has 0 aliphatic rings. The molecule has 1 aromatic carbocycles. The normalized spacial score (nSPS) is 9.89. The minimum absolute atomic E-state index is 0.0377. The van der Waals surface area contributed by atoms with Gasteiger partial charge in [0.15, 0.2) is 0 Å². The van der Waals surface area contributed by atoms with Gasteiger partial charge in [0.2, 0.25) is 5.91 Å². The Morgan fingerprint density at radius 3 is 2.67 bits per heavy atom. The summed E-state index contributed by atoms with van der Waals surface area (Å²) in [5.41, 5.74) is 1.20. The number of benzene rings is 1. The molecular formula is C14H18ClNO2. The van der Waals surface area contributed by atoms with Crippen molar-refractivity contribution >= 4 is 17.5 Å². The molecule has 4 heteroatoms. The van der Waals surface area contributed by atoms with Crippen molar-refractivity contribution < 1.29 is 9.53 Å². The second kappa shape index (κ2) is 7.77. The van der Waals surface area contributed by atoms with Crippen LogP contribution in [-0.2, 0) is 4.79 Å². The largest absolute Gasteiger partial charge is 0.494 e. The van der Waals surface area contributed by atoms with Crippen molar-refractivity contribution in [1.82, 2.24) is 5.32 Å². The molecule has 3 nitrogen and oxygen atoms in total. The van der Waals surface area contributed by atoms with Crippen molar-refractivity contribution in [3.05, 3.63) is 41.4 Å². The van der Waals surface area contributed by atoms with Crippen LogP contribution in [0.4, 0.5) is 0 Å². The van der Waals surface area contributed by atoms with Crippen molar-refractivity contribution in [2.45, 2.75) is 19.8 Å². The molecule has 1 amide bonds. The van der Waals surface area contributed by atoms with E-state index in [1.54, 1.807) is 0 Å². The molecule has 0 radical (unpaired) electrons. The average molecular weight is 268 g/mol. The van der Waals surface area contributed by atoms with Gasteiger partial charge in [-0.05, 0) is 25.5 Å². The number of rotatable bonds is 7. The molecular weight excluding hydrogens is 250 g/mol. The number of ether oxygens (including phenoxy) is 1. The zero-order chi connectivity index (χ0) is 13.4. The predicted molar refractivity (Wildman–Crippen MR) is 73.9 cm³/mol. The van der Waals surface area contributed by atoms with Crippen LogP contribution in [0.1, 0.15) is 18.4 Å². The number of carbonyl (C=O) groups is 1. The summed E-state index contributed by atoms with van der Waals surface area (Å²) in [4.78, 5) is 11.3. The first-order chi connectivity index (χ1) is 8.58. The van der Waals surface area contributed by atoms with Crippen LogP contribution in [0.5, 0.6) is 5.75 Å². The Hall–Kier alpha value is -1.48. The summed E-state index contributed by atoms with van der Waals surface area (Å²) in [6.45, 7) is 6.37. The number of nitrogens with one attached hydrogen (secondary N) is 1. The van der Waals surface area contributed by atoms with Crippen LogP contribution in [0.25, 0.3) is 0 Å². The van der Waals surface area contributed by atoms with Crippen LogP contribution in [0.2, 0.25) is 0 Å². The van der Waals surface area contributed by atoms with Gasteiger partial charge in [0.1, 0.15) is 5.75 Å². The molecule has 0 aliphatic carbocycles. The lowest BCUT2D eigenvalue weighted by molar-refractivity contribution is -0.121. The Balaban J connectivity index is 2.13. The topological polar surface area (TPSA) is 38.3 Å². The number of halogens is 1. The van der Waals surface area contributed by atoms with E-state index in [9.17, 15) is 4.79 Å². The van der Waals surface area contributed by atoms with Gasteiger partial charge in [0, 0.05) is 11.5 Å². The Kier molecular flexibility index (Phi) is 6.29. The van der Waals surface area contributed by atoms with E-state index in [0.717, 1.165) is 5.75 Å². The highest BCUT2D eigenvalue weighted by Gasteiger charge is 2.01. The quantitative estimate of drug-likeness (QED) is 0.771. The van der Waals surface area contributed by atoms with Gasteiger partial charge >= 0.3 is 0 Å². The number of aryl methyl sites for hydroxylation is 1. The monoisotopic (exact) mass is 267 g/mol. The third-order valence-corrected chi connectivity index (χ3v) is 2.45. The van der Waals surface area contributed by atoms with E-state index in [1.165, 1.54) is 5.56 Å². The highest BCUT2D eigenvalue weighted by molar-refractivity contribution is 6.29. The number of amides is 1. The lowest BCUT2D eigenvalue weighted by atomic mass is 10.2. The van der Waals surface area contributed by atoms with Crippen LogP contribution in [-0.4, -0.2) is 19.1 Å². The molecule has 1 N–H and O–H groups in total. The summed E-state index contributed by atoms with van der Waals surface area (Å²) >= 11 is 5.54. The summed E-state index contributed by atoms with van der Waals surface area (Å²) in [7, 11) is 0. The highest BCUT2D eigenvalue weighted by atomic mass is 35.5. The second-order valence-corrected chi connectivity index (χ2v) is 4.59. The van der Waals surface area contributed by atoms with Gasteiger partial charge in [0.25, 0.3) is 0 Å². The summed E-state index contributed by atoms with van der Waals surface area (Å²) in [5.74, 6) is 0.791. The molecule has 18 heavy (non-hydrogen) atoms. The number of carbonyl (C=O) groups excluding carboxylic acids is 1. The van der Waals surface area contributed by atoms with Crippen LogP contribution < -0.4 is 10.1 Å². The standard InChI is InChI=1S/C14H18ClNO2/c1-11-5-7-13(8-6-11)18-9-3-4-14(17)16-10-12(2)15/h5-8H,2-4,9-10H2,1H3,(H,16,17). The van der Waals surface area contributed by atoms with E-state index in [2.05, 4.69) is 11.9 Å².